The second-order valence-corrected chi connectivity index (χ2v) is 4.00. The molecule has 1 saturated heterocycles. The fourth-order valence-electron chi connectivity index (χ4n) is 1.28. The van der Waals surface area contributed by atoms with Gasteiger partial charge in [-0.05, 0) is 20.3 Å². The molecule has 1 N–H and O–H groups in total. The first kappa shape index (κ1) is 11.2. The molecule has 0 spiro atoms. The Morgan fingerprint density at radius 3 is 2.43 bits per heavy atom. The summed E-state index contributed by atoms with van der Waals surface area (Å²) in [5.74, 6) is -1.39. The highest BCUT2D eigenvalue weighted by molar-refractivity contribution is 5.85. The quantitative estimate of drug-likeness (QED) is 0.700. The van der Waals surface area contributed by atoms with Crippen LogP contribution in [-0.4, -0.2) is 30.1 Å². The molecule has 1 fully saturated rings. The number of aliphatic carboxylic acids is 1. The van der Waals surface area contributed by atoms with E-state index in [0.29, 0.717) is 19.6 Å². The zero-order chi connectivity index (χ0) is 10.8. The van der Waals surface area contributed by atoms with Crippen LogP contribution in [0.4, 0.5) is 0 Å². The number of hydrogen-bond acceptors (Lipinski definition) is 3. The zero-order valence-corrected chi connectivity index (χ0v) is 8.58. The van der Waals surface area contributed by atoms with Crippen molar-refractivity contribution < 1.29 is 19.4 Å². The third kappa shape index (κ3) is 3.12. The first-order chi connectivity index (χ1) is 6.41. The monoisotopic (exact) mass is 200 g/mol. The largest absolute Gasteiger partial charge is 0.478 e. The molecule has 0 aliphatic carbocycles. The van der Waals surface area contributed by atoms with Gasteiger partial charge in [0.25, 0.3) is 0 Å². The number of carbonyl (C=O) groups is 1. The molecule has 4 heteroatoms. The minimum absolute atomic E-state index is 0.103. The predicted octanol–water partition coefficient (Wildman–Crippen LogP) is 1.42. The molecule has 1 rings (SSSR count). The smallest absolute Gasteiger partial charge is 0.330 e. The summed E-state index contributed by atoms with van der Waals surface area (Å²) in [5.41, 5.74) is 0.210. The topological polar surface area (TPSA) is 55.8 Å². The average Bonchev–Trinajstić information content (AvgIpc) is 2.08. The number of hydrogen-bond donors (Lipinski definition) is 1. The van der Waals surface area contributed by atoms with Crippen molar-refractivity contribution in [2.45, 2.75) is 26.1 Å². The summed E-state index contributed by atoms with van der Waals surface area (Å²) >= 11 is 0. The summed E-state index contributed by atoms with van der Waals surface area (Å²) in [5, 5.41) is 8.63. The molecule has 4 nitrogen and oxygen atoms in total. The number of ether oxygens (including phenoxy) is 2. The van der Waals surface area contributed by atoms with Crippen LogP contribution in [0.3, 0.4) is 0 Å². The SMILES string of the molecule is C=C(CC1COC(C)(C)OC1)C(=O)O. The van der Waals surface area contributed by atoms with Gasteiger partial charge >= 0.3 is 5.97 Å². The zero-order valence-electron chi connectivity index (χ0n) is 8.58. The van der Waals surface area contributed by atoms with Crippen molar-refractivity contribution in [2.75, 3.05) is 13.2 Å². The van der Waals surface area contributed by atoms with Gasteiger partial charge in [-0.15, -0.1) is 0 Å². The standard InChI is InChI=1S/C10H16O4/c1-7(9(11)12)4-8-5-13-10(2,3)14-6-8/h8H,1,4-6H2,2-3H3,(H,11,12). The number of carboxylic acid groups (broad SMARTS) is 1. The van der Waals surface area contributed by atoms with Gasteiger partial charge < -0.3 is 14.6 Å². The molecule has 0 saturated carbocycles. The van der Waals surface area contributed by atoms with Gasteiger partial charge in [0.15, 0.2) is 5.79 Å². The van der Waals surface area contributed by atoms with E-state index >= 15 is 0 Å². The van der Waals surface area contributed by atoms with Gasteiger partial charge in [0.1, 0.15) is 0 Å². The normalized spacial score (nSPS) is 21.9. The van der Waals surface area contributed by atoms with Crippen LogP contribution in [0.5, 0.6) is 0 Å². The van der Waals surface area contributed by atoms with E-state index in [4.69, 9.17) is 14.6 Å². The highest BCUT2D eigenvalue weighted by Crippen LogP contribution is 2.23. The maximum atomic E-state index is 10.5. The minimum Gasteiger partial charge on any atom is -0.478 e. The summed E-state index contributed by atoms with van der Waals surface area (Å²) < 4.78 is 10.8. The fourth-order valence-corrected chi connectivity index (χ4v) is 1.28. The van der Waals surface area contributed by atoms with Crippen LogP contribution in [-0.2, 0) is 14.3 Å². The molecule has 1 heterocycles. The van der Waals surface area contributed by atoms with Crippen molar-refractivity contribution in [3.63, 3.8) is 0 Å². The molecular weight excluding hydrogens is 184 g/mol. The lowest BCUT2D eigenvalue weighted by Crippen LogP contribution is -2.39. The van der Waals surface area contributed by atoms with Crippen LogP contribution in [0.15, 0.2) is 12.2 Å². The second-order valence-electron chi connectivity index (χ2n) is 4.00. The molecule has 0 radical (unpaired) electrons. The van der Waals surface area contributed by atoms with Crippen LogP contribution in [0.25, 0.3) is 0 Å². The number of rotatable bonds is 3. The minimum atomic E-state index is -0.949. The maximum absolute atomic E-state index is 10.5. The summed E-state index contributed by atoms with van der Waals surface area (Å²) in [6.07, 6.45) is 0.422. The Hall–Kier alpha value is -0.870. The van der Waals surface area contributed by atoms with Crippen molar-refractivity contribution in [2.24, 2.45) is 5.92 Å². The summed E-state index contributed by atoms with van der Waals surface area (Å²) in [6.45, 7) is 8.21. The highest BCUT2D eigenvalue weighted by atomic mass is 16.7. The Bertz CT molecular complexity index is 235. The van der Waals surface area contributed by atoms with Gasteiger partial charge in [-0.3, -0.25) is 0 Å². The molecule has 0 bridgehead atoms. The van der Waals surface area contributed by atoms with E-state index in [1.165, 1.54) is 0 Å². The van der Waals surface area contributed by atoms with Gasteiger partial charge in [0.2, 0.25) is 0 Å². The molecule has 0 atom stereocenters. The number of carboxylic acids is 1. The third-order valence-corrected chi connectivity index (χ3v) is 2.17. The van der Waals surface area contributed by atoms with E-state index in [-0.39, 0.29) is 11.5 Å². The van der Waals surface area contributed by atoms with E-state index in [1.807, 2.05) is 13.8 Å². The van der Waals surface area contributed by atoms with Crippen LogP contribution in [0.2, 0.25) is 0 Å². The van der Waals surface area contributed by atoms with Crippen molar-refractivity contribution >= 4 is 5.97 Å². The Balaban J connectivity index is 2.36. The van der Waals surface area contributed by atoms with Crippen LogP contribution >= 0.6 is 0 Å². The van der Waals surface area contributed by atoms with E-state index in [2.05, 4.69) is 6.58 Å². The van der Waals surface area contributed by atoms with Crippen LogP contribution < -0.4 is 0 Å². The van der Waals surface area contributed by atoms with E-state index in [1.54, 1.807) is 0 Å². The molecule has 0 amide bonds. The molecule has 1 aliphatic rings. The van der Waals surface area contributed by atoms with Crippen molar-refractivity contribution in [3.05, 3.63) is 12.2 Å². The third-order valence-electron chi connectivity index (χ3n) is 2.17. The molecule has 0 aromatic rings. The summed E-state index contributed by atoms with van der Waals surface area (Å²) in [6, 6.07) is 0. The summed E-state index contributed by atoms with van der Waals surface area (Å²) in [4.78, 5) is 10.5. The first-order valence-electron chi connectivity index (χ1n) is 4.60. The van der Waals surface area contributed by atoms with Crippen LogP contribution in [0.1, 0.15) is 20.3 Å². The fraction of sp³-hybridized carbons (Fsp3) is 0.700. The molecule has 0 aromatic carbocycles. The Morgan fingerprint density at radius 2 is 2.00 bits per heavy atom. The van der Waals surface area contributed by atoms with Gasteiger partial charge in [-0.2, -0.15) is 0 Å². The Labute approximate surface area is 83.5 Å². The molecule has 0 aromatic heterocycles. The maximum Gasteiger partial charge on any atom is 0.330 e. The lowest BCUT2D eigenvalue weighted by molar-refractivity contribution is -0.261. The average molecular weight is 200 g/mol. The van der Waals surface area contributed by atoms with Crippen molar-refractivity contribution in [1.29, 1.82) is 0 Å². The summed E-state index contributed by atoms with van der Waals surface area (Å²) in [7, 11) is 0. The first-order valence-corrected chi connectivity index (χ1v) is 4.60. The predicted molar refractivity (Wildman–Crippen MR) is 50.9 cm³/mol. The lowest BCUT2D eigenvalue weighted by atomic mass is 10.0. The highest BCUT2D eigenvalue weighted by Gasteiger charge is 2.29. The molecular formula is C10H16O4. The van der Waals surface area contributed by atoms with Crippen molar-refractivity contribution in [3.8, 4) is 0 Å². The molecule has 1 aliphatic heterocycles. The van der Waals surface area contributed by atoms with Gasteiger partial charge in [-0.1, -0.05) is 6.58 Å². The van der Waals surface area contributed by atoms with Crippen molar-refractivity contribution in [1.82, 2.24) is 0 Å². The molecule has 14 heavy (non-hydrogen) atoms. The second kappa shape index (κ2) is 4.11. The van der Waals surface area contributed by atoms with E-state index < -0.39 is 11.8 Å². The van der Waals surface area contributed by atoms with E-state index in [9.17, 15) is 4.79 Å². The Morgan fingerprint density at radius 1 is 1.50 bits per heavy atom. The van der Waals surface area contributed by atoms with Gasteiger partial charge in [-0.25, -0.2) is 4.79 Å². The van der Waals surface area contributed by atoms with Gasteiger partial charge in [0, 0.05) is 11.5 Å². The van der Waals surface area contributed by atoms with Crippen LogP contribution in [0, 0.1) is 5.92 Å². The van der Waals surface area contributed by atoms with E-state index in [0.717, 1.165) is 0 Å². The molecule has 80 valence electrons. The molecule has 0 unspecified atom stereocenters. The Kier molecular flexibility index (Phi) is 3.29. The van der Waals surface area contributed by atoms with Gasteiger partial charge in [0.05, 0.1) is 13.2 Å². The lowest BCUT2D eigenvalue weighted by Gasteiger charge is -2.34.